The zero-order valence-corrected chi connectivity index (χ0v) is 26.5. The van der Waals surface area contributed by atoms with Crippen molar-refractivity contribution in [3.05, 3.63) is 88.0 Å². The van der Waals surface area contributed by atoms with Crippen LogP contribution in [0, 0.1) is 40.8 Å². The van der Waals surface area contributed by atoms with E-state index in [1.165, 1.54) is 18.2 Å². The van der Waals surface area contributed by atoms with Crippen LogP contribution < -0.4 is 14.2 Å². The first-order valence-corrected chi connectivity index (χ1v) is 16.5. The van der Waals surface area contributed by atoms with Gasteiger partial charge in [-0.1, -0.05) is 31.5 Å². The monoisotopic (exact) mass is 648 g/mol. The molecule has 0 heterocycles. The first-order chi connectivity index (χ1) is 22.2. The smallest absolute Gasteiger partial charge is 0.200 e. The summed E-state index contributed by atoms with van der Waals surface area (Å²) < 4.78 is 105. The minimum Gasteiger partial charge on any atom is -0.491 e. The minimum atomic E-state index is -1.04. The molecule has 0 aromatic heterocycles. The van der Waals surface area contributed by atoms with Gasteiger partial charge in [0, 0.05) is 0 Å². The molecule has 0 spiro atoms. The van der Waals surface area contributed by atoms with Crippen LogP contribution in [0.25, 0.3) is 0 Å². The van der Waals surface area contributed by atoms with Crippen LogP contribution in [-0.2, 0) is 0 Å². The summed E-state index contributed by atoms with van der Waals surface area (Å²) in [5.74, 6) is -6.57. The number of rotatable bonds is 12. The third-order valence-corrected chi connectivity index (χ3v) is 9.65. The normalized spacial score (nSPS) is 21.7. The fourth-order valence-corrected chi connectivity index (χ4v) is 6.97. The Morgan fingerprint density at radius 1 is 0.500 bits per heavy atom. The number of unbranched alkanes of at least 4 members (excludes halogenated alkanes) is 1. The van der Waals surface area contributed by atoms with Gasteiger partial charge in [-0.3, -0.25) is 0 Å². The topological polar surface area (TPSA) is 27.7 Å². The van der Waals surface area contributed by atoms with Crippen LogP contribution in [0.2, 0.25) is 0 Å². The maximum absolute atomic E-state index is 15.2. The Morgan fingerprint density at radius 3 is 1.30 bits per heavy atom. The Hall–Kier alpha value is -3.36. The van der Waals surface area contributed by atoms with E-state index in [2.05, 4.69) is 0 Å². The Labute approximate surface area is 267 Å². The molecule has 250 valence electrons. The van der Waals surface area contributed by atoms with Crippen LogP contribution in [0.15, 0.2) is 36.4 Å². The molecule has 0 bridgehead atoms. The van der Waals surface area contributed by atoms with Crippen molar-refractivity contribution >= 4 is 0 Å². The minimum absolute atomic E-state index is 0.0688. The Kier molecular flexibility index (Phi) is 11.4. The van der Waals surface area contributed by atoms with Gasteiger partial charge in [-0.05, 0) is 123 Å². The van der Waals surface area contributed by atoms with Gasteiger partial charge in [-0.15, -0.1) is 0 Å². The summed E-state index contributed by atoms with van der Waals surface area (Å²) >= 11 is 0. The van der Waals surface area contributed by atoms with Gasteiger partial charge in [-0.2, -0.15) is 13.2 Å². The van der Waals surface area contributed by atoms with Crippen molar-refractivity contribution in [2.75, 3.05) is 19.8 Å². The van der Waals surface area contributed by atoms with Gasteiger partial charge < -0.3 is 14.2 Å². The molecule has 0 aliphatic heterocycles. The number of ether oxygens (including phenoxy) is 3. The van der Waals surface area contributed by atoms with Gasteiger partial charge in [0.15, 0.2) is 34.7 Å². The second kappa shape index (κ2) is 15.5. The molecule has 0 N–H and O–H groups in total. The van der Waals surface area contributed by atoms with E-state index in [0.29, 0.717) is 63.5 Å². The van der Waals surface area contributed by atoms with E-state index in [9.17, 15) is 17.6 Å². The molecule has 2 fully saturated rings. The summed E-state index contributed by atoms with van der Waals surface area (Å²) in [6.45, 7) is 4.44. The molecule has 0 radical (unpaired) electrons. The second-order valence-electron chi connectivity index (χ2n) is 12.6. The van der Waals surface area contributed by atoms with Crippen LogP contribution in [0.5, 0.6) is 17.2 Å². The highest BCUT2D eigenvalue weighted by Crippen LogP contribution is 2.44. The molecule has 0 atom stereocenters. The lowest BCUT2D eigenvalue weighted by molar-refractivity contribution is 0.191. The molecule has 3 aromatic carbocycles. The first-order valence-electron chi connectivity index (χ1n) is 16.5. The fourth-order valence-electron chi connectivity index (χ4n) is 6.97. The molecule has 2 aliphatic carbocycles. The van der Waals surface area contributed by atoms with E-state index in [1.54, 1.807) is 25.1 Å². The predicted octanol–water partition coefficient (Wildman–Crippen LogP) is 10.9. The highest BCUT2D eigenvalue weighted by Gasteiger charge is 2.31. The van der Waals surface area contributed by atoms with Gasteiger partial charge in [-0.25, -0.2) is 13.2 Å². The van der Waals surface area contributed by atoms with E-state index >= 15 is 8.78 Å². The number of hydrogen-bond acceptors (Lipinski definition) is 3. The fraction of sp³-hybridized carbons (Fsp3) is 0.514. The van der Waals surface area contributed by atoms with Gasteiger partial charge >= 0.3 is 0 Å². The van der Waals surface area contributed by atoms with E-state index < -0.39 is 34.9 Å². The summed E-state index contributed by atoms with van der Waals surface area (Å²) in [6, 6.07) is 9.09. The van der Waals surface area contributed by atoms with Crippen molar-refractivity contribution in [3.8, 4) is 17.2 Å². The molecule has 5 rings (SSSR count). The van der Waals surface area contributed by atoms with Crippen LogP contribution in [0.1, 0.15) is 112 Å². The maximum Gasteiger partial charge on any atom is 0.200 e. The zero-order chi connectivity index (χ0) is 32.8. The van der Waals surface area contributed by atoms with Crippen molar-refractivity contribution in [1.82, 2.24) is 0 Å². The molecule has 0 saturated heterocycles. The molecule has 3 nitrogen and oxygen atoms in total. The van der Waals surface area contributed by atoms with Crippen molar-refractivity contribution < 1.29 is 40.6 Å². The van der Waals surface area contributed by atoms with Crippen molar-refractivity contribution in [2.45, 2.75) is 95.8 Å². The number of halogens is 6. The predicted molar refractivity (Wildman–Crippen MR) is 165 cm³/mol. The van der Waals surface area contributed by atoms with Gasteiger partial charge in [0.1, 0.15) is 0 Å². The molecule has 2 aliphatic rings. The molecule has 2 saturated carbocycles. The zero-order valence-electron chi connectivity index (χ0n) is 26.5. The third kappa shape index (κ3) is 7.44. The van der Waals surface area contributed by atoms with Crippen molar-refractivity contribution in [3.63, 3.8) is 0 Å². The van der Waals surface area contributed by atoms with Crippen molar-refractivity contribution in [2.24, 2.45) is 5.92 Å². The molecule has 9 heteroatoms. The summed E-state index contributed by atoms with van der Waals surface area (Å²) in [4.78, 5) is 0. The largest absolute Gasteiger partial charge is 0.491 e. The molecule has 0 unspecified atom stereocenters. The van der Waals surface area contributed by atoms with Gasteiger partial charge in [0.2, 0.25) is 17.5 Å². The lowest BCUT2D eigenvalue weighted by atomic mass is 9.76. The van der Waals surface area contributed by atoms with E-state index in [-0.39, 0.29) is 65.3 Å². The highest BCUT2D eigenvalue weighted by molar-refractivity contribution is 5.36. The first kappa shape index (κ1) is 34.0. The third-order valence-electron chi connectivity index (χ3n) is 9.65. The van der Waals surface area contributed by atoms with Crippen LogP contribution >= 0.6 is 0 Å². The number of hydrogen-bond donors (Lipinski definition) is 0. The Balaban J connectivity index is 1.13. The number of benzene rings is 3. The lowest BCUT2D eigenvalue weighted by Crippen LogP contribution is -2.20. The quantitative estimate of drug-likeness (QED) is 0.144. The SMILES string of the molecule is CCCCOc1ccc(C2CCC(COc3ccc(C4CCC(c5ccc(OCC)c(F)c5F)CC4)c(F)c3F)CC2)c(F)c1F. The summed E-state index contributed by atoms with van der Waals surface area (Å²) in [5, 5.41) is 0. The van der Waals surface area contributed by atoms with Crippen LogP contribution in [0.3, 0.4) is 0 Å². The van der Waals surface area contributed by atoms with Crippen molar-refractivity contribution in [1.29, 1.82) is 0 Å². The average Bonchev–Trinajstić information content (AvgIpc) is 3.07. The second-order valence-corrected chi connectivity index (χ2v) is 12.6. The van der Waals surface area contributed by atoms with E-state index in [4.69, 9.17) is 14.2 Å². The van der Waals surface area contributed by atoms with Crippen LogP contribution in [-0.4, -0.2) is 19.8 Å². The molecule has 46 heavy (non-hydrogen) atoms. The molecular weight excluding hydrogens is 606 g/mol. The average molecular weight is 649 g/mol. The van der Waals surface area contributed by atoms with E-state index in [1.807, 2.05) is 6.92 Å². The van der Waals surface area contributed by atoms with Crippen LogP contribution in [0.4, 0.5) is 26.3 Å². The van der Waals surface area contributed by atoms with E-state index in [0.717, 1.165) is 12.8 Å². The van der Waals surface area contributed by atoms with Gasteiger partial charge in [0.05, 0.1) is 19.8 Å². The Bertz CT molecular complexity index is 1480. The molecule has 0 amide bonds. The summed E-state index contributed by atoms with van der Waals surface area (Å²) in [7, 11) is 0. The Morgan fingerprint density at radius 2 is 0.891 bits per heavy atom. The highest BCUT2D eigenvalue weighted by atomic mass is 19.2. The maximum atomic E-state index is 15.2. The lowest BCUT2D eigenvalue weighted by Gasteiger charge is -2.30. The van der Waals surface area contributed by atoms with Gasteiger partial charge in [0.25, 0.3) is 0 Å². The molecular formula is C37H42F6O3. The standard InChI is InChI=1S/C37H42F6O3/c1-3-5-20-45-30-18-15-26(33(39)36(30)42)23-8-6-22(7-9-23)21-46-31-19-16-28(34(40)37(31)43)25-12-10-24(11-13-25)27-14-17-29(44-4-2)35(41)32(27)38/h14-19,22-25H,3-13,20-21H2,1-2H3. The summed E-state index contributed by atoms with van der Waals surface area (Å²) in [5.41, 5.74) is 0.888. The summed E-state index contributed by atoms with van der Waals surface area (Å²) in [6.07, 6.45) is 6.35. The molecule has 3 aromatic rings.